The first kappa shape index (κ1) is 20.0. The summed E-state index contributed by atoms with van der Waals surface area (Å²) < 4.78 is 11.5. The smallest absolute Gasteiger partial charge is 0.265 e. The Labute approximate surface area is 186 Å². The van der Waals surface area contributed by atoms with Gasteiger partial charge in [0.15, 0.2) is 6.10 Å². The number of thiazole rings is 1. The van der Waals surface area contributed by atoms with E-state index in [0.29, 0.717) is 39.4 Å². The third-order valence-corrected chi connectivity index (χ3v) is 6.90. The van der Waals surface area contributed by atoms with Crippen molar-refractivity contribution in [2.24, 2.45) is 0 Å². The van der Waals surface area contributed by atoms with Gasteiger partial charge in [0, 0.05) is 23.5 Å². The summed E-state index contributed by atoms with van der Waals surface area (Å²) in [6.07, 6.45) is -0.519. The van der Waals surface area contributed by atoms with Gasteiger partial charge in [0.25, 0.3) is 5.91 Å². The Morgan fingerprint density at radius 1 is 1.10 bits per heavy atom. The van der Waals surface area contributed by atoms with E-state index < -0.39 is 6.10 Å². The normalized spacial score (nSPS) is 18.4. The molecule has 3 heterocycles. The molecular formula is C24H25N3O3S. The zero-order valence-electron chi connectivity index (χ0n) is 17.5. The van der Waals surface area contributed by atoms with Crippen molar-refractivity contribution in [1.29, 1.82) is 0 Å². The number of para-hydroxylation sites is 2. The Bertz CT molecular complexity index is 1060. The predicted octanol–water partition coefficient (Wildman–Crippen LogP) is 3.74. The fourth-order valence-corrected chi connectivity index (χ4v) is 5.11. The lowest BCUT2D eigenvalue weighted by atomic mass is 10.1. The highest BCUT2D eigenvalue weighted by molar-refractivity contribution is 7.15. The fraction of sp³-hybridized carbons (Fsp3) is 0.333. The number of hydrogen-bond acceptors (Lipinski definition) is 6. The molecule has 2 aromatic carbocycles. The molecule has 0 aliphatic carbocycles. The number of morpholine rings is 1. The number of anilines is 1. The van der Waals surface area contributed by atoms with Crippen molar-refractivity contribution in [2.75, 3.05) is 37.7 Å². The van der Waals surface area contributed by atoms with E-state index in [9.17, 15) is 4.79 Å². The van der Waals surface area contributed by atoms with Crippen LogP contribution in [0.2, 0.25) is 0 Å². The highest BCUT2D eigenvalue weighted by atomic mass is 32.1. The zero-order valence-corrected chi connectivity index (χ0v) is 18.3. The maximum atomic E-state index is 13.1. The average Bonchev–Trinajstić information content (AvgIpc) is 3.19. The van der Waals surface area contributed by atoms with Crippen LogP contribution in [0.5, 0.6) is 5.75 Å². The number of aromatic nitrogens is 1. The highest BCUT2D eigenvalue weighted by Gasteiger charge is 2.34. The lowest BCUT2D eigenvalue weighted by molar-refractivity contribution is -0.142. The molecule has 1 aromatic heterocycles. The summed E-state index contributed by atoms with van der Waals surface area (Å²) in [5.41, 5.74) is 3.18. The Morgan fingerprint density at radius 3 is 2.65 bits per heavy atom. The molecule has 1 unspecified atom stereocenters. The van der Waals surface area contributed by atoms with E-state index in [1.165, 1.54) is 4.88 Å². The van der Waals surface area contributed by atoms with E-state index in [1.54, 1.807) is 11.3 Å². The molecular weight excluding hydrogens is 410 g/mol. The first-order valence-corrected chi connectivity index (χ1v) is 11.4. The fourth-order valence-electron chi connectivity index (χ4n) is 4.02. The van der Waals surface area contributed by atoms with E-state index in [0.717, 1.165) is 27.7 Å². The van der Waals surface area contributed by atoms with Crippen LogP contribution in [0.1, 0.15) is 10.6 Å². The van der Waals surface area contributed by atoms with Crippen molar-refractivity contribution in [2.45, 2.75) is 19.6 Å². The molecule has 3 aromatic rings. The van der Waals surface area contributed by atoms with Crippen LogP contribution in [0.25, 0.3) is 10.6 Å². The lowest BCUT2D eigenvalue weighted by Crippen LogP contribution is -2.52. The molecule has 5 rings (SSSR count). The SMILES string of the molecule is Cc1nc(-c2ccccc2)sc1CN1CC(C(=O)N2CCOCC2)Oc2ccccc21. The van der Waals surface area contributed by atoms with E-state index in [4.69, 9.17) is 14.5 Å². The third-order valence-electron chi connectivity index (χ3n) is 5.71. The largest absolute Gasteiger partial charge is 0.477 e. The number of amides is 1. The molecule has 2 aliphatic heterocycles. The van der Waals surface area contributed by atoms with Gasteiger partial charge >= 0.3 is 0 Å². The Kier molecular flexibility index (Phi) is 5.61. The van der Waals surface area contributed by atoms with Crippen molar-refractivity contribution < 1.29 is 14.3 Å². The maximum Gasteiger partial charge on any atom is 0.265 e. The van der Waals surface area contributed by atoms with Crippen LogP contribution in [-0.2, 0) is 16.1 Å². The van der Waals surface area contributed by atoms with Crippen LogP contribution in [0.3, 0.4) is 0 Å². The molecule has 0 bridgehead atoms. The van der Waals surface area contributed by atoms with Crippen LogP contribution in [-0.4, -0.2) is 54.7 Å². The zero-order chi connectivity index (χ0) is 21.2. The molecule has 0 saturated carbocycles. The summed E-state index contributed by atoms with van der Waals surface area (Å²) in [7, 11) is 0. The van der Waals surface area contributed by atoms with Crippen molar-refractivity contribution in [3.63, 3.8) is 0 Å². The number of benzene rings is 2. The monoisotopic (exact) mass is 435 g/mol. The van der Waals surface area contributed by atoms with Crippen LogP contribution < -0.4 is 9.64 Å². The molecule has 7 heteroatoms. The second-order valence-corrected chi connectivity index (χ2v) is 8.87. The molecule has 2 aliphatic rings. The molecule has 31 heavy (non-hydrogen) atoms. The number of aryl methyl sites for hydroxylation is 1. The van der Waals surface area contributed by atoms with Gasteiger partial charge in [-0.05, 0) is 19.1 Å². The standard InChI is InChI=1S/C24H25N3O3S/c1-17-22(31-23(25-17)18-7-3-2-4-8-18)16-27-15-21(24(28)26-11-13-29-14-12-26)30-20-10-6-5-9-19(20)27/h2-10,21H,11-16H2,1H3. The predicted molar refractivity (Wildman–Crippen MR) is 122 cm³/mol. The minimum absolute atomic E-state index is 0.0359. The molecule has 1 amide bonds. The number of hydrogen-bond donors (Lipinski definition) is 0. The van der Waals surface area contributed by atoms with Crippen LogP contribution in [0.4, 0.5) is 5.69 Å². The summed E-state index contributed by atoms with van der Waals surface area (Å²) in [6, 6.07) is 18.2. The third kappa shape index (κ3) is 4.16. The molecule has 6 nitrogen and oxygen atoms in total. The summed E-state index contributed by atoms with van der Waals surface area (Å²) in [5, 5.41) is 1.02. The molecule has 1 atom stereocenters. The molecule has 0 radical (unpaired) electrons. The minimum Gasteiger partial charge on any atom is -0.477 e. The Morgan fingerprint density at radius 2 is 1.84 bits per heavy atom. The van der Waals surface area contributed by atoms with Gasteiger partial charge in [-0.25, -0.2) is 4.98 Å². The molecule has 0 N–H and O–H groups in total. The second-order valence-electron chi connectivity index (χ2n) is 7.79. The number of rotatable bonds is 4. The first-order valence-electron chi connectivity index (χ1n) is 10.6. The van der Waals surface area contributed by atoms with Crippen molar-refractivity contribution >= 4 is 22.9 Å². The number of fused-ring (bicyclic) bond motifs is 1. The highest BCUT2D eigenvalue weighted by Crippen LogP contribution is 2.36. The van der Waals surface area contributed by atoms with Gasteiger partial charge in [0.1, 0.15) is 10.8 Å². The van der Waals surface area contributed by atoms with Crippen LogP contribution in [0, 0.1) is 6.92 Å². The molecule has 1 fully saturated rings. The minimum atomic E-state index is -0.519. The number of nitrogens with zero attached hydrogens (tertiary/aromatic N) is 3. The van der Waals surface area contributed by atoms with Crippen LogP contribution >= 0.6 is 11.3 Å². The van der Waals surface area contributed by atoms with Crippen molar-refractivity contribution in [3.05, 3.63) is 65.2 Å². The van der Waals surface area contributed by atoms with E-state index in [1.807, 2.05) is 41.3 Å². The molecule has 1 saturated heterocycles. The topological polar surface area (TPSA) is 54.9 Å². The number of ether oxygens (including phenoxy) is 2. The van der Waals surface area contributed by atoms with Gasteiger partial charge < -0.3 is 19.3 Å². The van der Waals surface area contributed by atoms with Crippen molar-refractivity contribution in [1.82, 2.24) is 9.88 Å². The lowest BCUT2D eigenvalue weighted by Gasteiger charge is -2.38. The summed E-state index contributed by atoms with van der Waals surface area (Å²) in [6.45, 7) is 5.68. The average molecular weight is 436 g/mol. The summed E-state index contributed by atoms with van der Waals surface area (Å²) in [5.74, 6) is 0.791. The quantitative estimate of drug-likeness (QED) is 0.625. The second kappa shape index (κ2) is 8.69. The van der Waals surface area contributed by atoms with E-state index >= 15 is 0 Å². The molecule has 0 spiro atoms. The van der Waals surface area contributed by atoms with Gasteiger partial charge in [-0.15, -0.1) is 11.3 Å². The van der Waals surface area contributed by atoms with E-state index in [2.05, 4.69) is 30.0 Å². The van der Waals surface area contributed by atoms with E-state index in [-0.39, 0.29) is 5.91 Å². The summed E-state index contributed by atoms with van der Waals surface area (Å²) in [4.78, 5) is 23.2. The van der Waals surface area contributed by atoms with Gasteiger partial charge in [0.05, 0.1) is 37.7 Å². The van der Waals surface area contributed by atoms with Crippen molar-refractivity contribution in [3.8, 4) is 16.3 Å². The summed E-state index contributed by atoms with van der Waals surface area (Å²) >= 11 is 1.71. The first-order chi connectivity index (χ1) is 15.2. The maximum absolute atomic E-state index is 13.1. The van der Waals surface area contributed by atoms with Gasteiger partial charge in [0.2, 0.25) is 0 Å². The number of carbonyl (C=O) groups is 1. The van der Waals surface area contributed by atoms with Gasteiger partial charge in [-0.2, -0.15) is 0 Å². The van der Waals surface area contributed by atoms with Gasteiger partial charge in [-0.1, -0.05) is 42.5 Å². The number of carbonyl (C=O) groups excluding carboxylic acids is 1. The van der Waals surface area contributed by atoms with Gasteiger partial charge in [-0.3, -0.25) is 4.79 Å². The Balaban J connectivity index is 1.40. The Hall–Kier alpha value is -2.90. The van der Waals surface area contributed by atoms with Crippen LogP contribution in [0.15, 0.2) is 54.6 Å². The molecule has 160 valence electrons.